The zero-order valence-electron chi connectivity index (χ0n) is 7.00. The second kappa shape index (κ2) is 4.27. The summed E-state index contributed by atoms with van der Waals surface area (Å²) in [5, 5.41) is 1.26. The minimum Gasteiger partial charge on any atom is -0.469 e. The lowest BCUT2D eigenvalue weighted by molar-refractivity contribution is 0.242. The van der Waals surface area contributed by atoms with Gasteiger partial charge in [-0.25, -0.2) is 0 Å². The molecule has 0 radical (unpaired) electrons. The van der Waals surface area contributed by atoms with Gasteiger partial charge in [0.25, 0.3) is 0 Å². The Labute approximate surface area is 102 Å². The number of thiocarbonyl (C=S) groups is 1. The molecule has 1 aromatic carbocycles. The Morgan fingerprint density at radius 1 is 1.43 bits per heavy atom. The number of thioether (sulfide) groups is 1. The Morgan fingerprint density at radius 3 is 2.79 bits per heavy atom. The van der Waals surface area contributed by atoms with Crippen molar-refractivity contribution < 1.29 is 4.74 Å². The lowest BCUT2D eigenvalue weighted by atomic mass is 10.1. The van der Waals surface area contributed by atoms with Crippen LogP contribution in [0, 0.1) is 0 Å². The highest BCUT2D eigenvalue weighted by Gasteiger charge is 2.24. The van der Waals surface area contributed by atoms with E-state index in [0.29, 0.717) is 14.4 Å². The Bertz CT molecular complexity index is 381. The fourth-order valence-electron chi connectivity index (χ4n) is 1.24. The van der Waals surface area contributed by atoms with E-state index in [9.17, 15) is 0 Å². The van der Waals surface area contributed by atoms with Gasteiger partial charge in [-0.15, -0.1) is 0 Å². The molecule has 0 saturated carbocycles. The van der Waals surface area contributed by atoms with Gasteiger partial charge in [0.2, 0.25) is 4.38 Å². The molecule has 1 aromatic rings. The molecular formula is C9H6Cl2OS2. The third kappa shape index (κ3) is 2.16. The summed E-state index contributed by atoms with van der Waals surface area (Å²) in [5.41, 5.74) is 0.948. The number of halogens is 2. The molecule has 1 saturated heterocycles. The number of benzene rings is 1. The van der Waals surface area contributed by atoms with Crippen LogP contribution < -0.4 is 0 Å². The molecule has 1 heterocycles. The third-order valence-corrected chi connectivity index (χ3v) is 3.71. The minimum absolute atomic E-state index is 0.0303. The molecule has 14 heavy (non-hydrogen) atoms. The predicted octanol–water partition coefficient (Wildman–Crippen LogP) is 4.08. The fraction of sp³-hybridized carbons (Fsp3) is 0.222. The molecule has 1 atom stereocenters. The van der Waals surface area contributed by atoms with Crippen LogP contribution in [0.4, 0.5) is 0 Å². The Balaban J connectivity index is 2.28. The number of hydrogen-bond donors (Lipinski definition) is 0. The molecule has 1 aliphatic heterocycles. The van der Waals surface area contributed by atoms with E-state index < -0.39 is 0 Å². The van der Waals surface area contributed by atoms with E-state index in [0.717, 1.165) is 11.3 Å². The molecule has 0 aromatic heterocycles. The summed E-state index contributed by atoms with van der Waals surface area (Å²) in [7, 11) is 0. The van der Waals surface area contributed by atoms with Crippen molar-refractivity contribution in [3.05, 3.63) is 33.8 Å². The number of rotatable bonds is 1. The molecule has 1 aliphatic rings. The summed E-state index contributed by atoms with van der Waals surface area (Å²) in [6.07, 6.45) is -0.0303. The van der Waals surface area contributed by atoms with Gasteiger partial charge in [-0.05, 0) is 24.4 Å². The maximum atomic E-state index is 6.04. The highest BCUT2D eigenvalue weighted by atomic mass is 35.5. The molecule has 1 unspecified atom stereocenters. The molecule has 0 amide bonds. The van der Waals surface area contributed by atoms with Gasteiger partial charge in [-0.2, -0.15) is 0 Å². The maximum Gasteiger partial charge on any atom is 0.220 e. The predicted molar refractivity (Wildman–Crippen MR) is 65.3 cm³/mol. The lowest BCUT2D eigenvalue weighted by Crippen LogP contribution is -2.00. The first kappa shape index (κ1) is 10.6. The largest absolute Gasteiger partial charge is 0.469 e. The SMILES string of the molecule is S=C1OC(c2ccc(Cl)cc2Cl)CS1. The molecule has 74 valence electrons. The van der Waals surface area contributed by atoms with Crippen molar-refractivity contribution in [2.45, 2.75) is 6.10 Å². The van der Waals surface area contributed by atoms with Crippen LogP contribution >= 0.6 is 47.2 Å². The van der Waals surface area contributed by atoms with E-state index in [1.807, 2.05) is 6.07 Å². The molecule has 0 spiro atoms. The van der Waals surface area contributed by atoms with Gasteiger partial charge in [0.05, 0.1) is 0 Å². The first-order valence-corrected chi connectivity index (χ1v) is 6.10. The summed E-state index contributed by atoms with van der Waals surface area (Å²) in [6, 6.07) is 5.40. The Morgan fingerprint density at radius 2 is 2.21 bits per heavy atom. The van der Waals surface area contributed by atoms with E-state index >= 15 is 0 Å². The first-order chi connectivity index (χ1) is 6.66. The number of ether oxygens (including phenoxy) is 1. The van der Waals surface area contributed by atoms with Crippen LogP contribution in [0.5, 0.6) is 0 Å². The van der Waals surface area contributed by atoms with Crippen LogP contribution in [0.1, 0.15) is 11.7 Å². The van der Waals surface area contributed by atoms with Crippen molar-refractivity contribution in [3.8, 4) is 0 Å². The fourth-order valence-corrected chi connectivity index (χ4v) is 2.81. The van der Waals surface area contributed by atoms with Crippen molar-refractivity contribution in [2.75, 3.05) is 5.75 Å². The Kier molecular flexibility index (Phi) is 3.22. The van der Waals surface area contributed by atoms with Crippen LogP contribution in [0.15, 0.2) is 18.2 Å². The standard InChI is InChI=1S/C9H6Cl2OS2/c10-5-1-2-6(7(11)3-5)8-4-14-9(13)12-8/h1-3,8H,4H2. The second-order valence-corrected chi connectivity index (χ2v) is 5.30. The monoisotopic (exact) mass is 264 g/mol. The van der Waals surface area contributed by atoms with Gasteiger partial charge >= 0.3 is 0 Å². The van der Waals surface area contributed by atoms with Gasteiger partial charge < -0.3 is 4.74 Å². The van der Waals surface area contributed by atoms with Gasteiger partial charge in [0.15, 0.2) is 0 Å². The smallest absolute Gasteiger partial charge is 0.220 e. The Hall–Kier alpha value is 0.0400. The molecule has 2 rings (SSSR count). The van der Waals surface area contributed by atoms with E-state index in [-0.39, 0.29) is 6.10 Å². The summed E-state index contributed by atoms with van der Waals surface area (Å²) in [6.45, 7) is 0. The highest BCUT2D eigenvalue weighted by Crippen LogP contribution is 2.36. The van der Waals surface area contributed by atoms with Gasteiger partial charge in [0.1, 0.15) is 6.10 Å². The summed E-state index contributed by atoms with van der Waals surface area (Å²) >= 11 is 18.3. The topological polar surface area (TPSA) is 9.23 Å². The van der Waals surface area contributed by atoms with Crippen LogP contribution in [0.25, 0.3) is 0 Å². The highest BCUT2D eigenvalue weighted by molar-refractivity contribution is 8.22. The van der Waals surface area contributed by atoms with Crippen molar-refractivity contribution in [1.82, 2.24) is 0 Å². The zero-order valence-corrected chi connectivity index (χ0v) is 10.1. The third-order valence-electron chi connectivity index (χ3n) is 1.90. The quantitative estimate of drug-likeness (QED) is 0.708. The summed E-state index contributed by atoms with van der Waals surface area (Å²) in [4.78, 5) is 0. The average Bonchev–Trinajstić information content (AvgIpc) is 2.51. The summed E-state index contributed by atoms with van der Waals surface area (Å²) in [5.74, 6) is 0.820. The van der Waals surface area contributed by atoms with Crippen molar-refractivity contribution in [3.63, 3.8) is 0 Å². The second-order valence-electron chi connectivity index (χ2n) is 2.83. The van der Waals surface area contributed by atoms with Gasteiger partial charge in [-0.1, -0.05) is 41.0 Å². The molecule has 5 heteroatoms. The van der Waals surface area contributed by atoms with Crippen molar-refractivity contribution in [2.24, 2.45) is 0 Å². The van der Waals surface area contributed by atoms with E-state index in [1.54, 1.807) is 12.1 Å². The lowest BCUT2D eigenvalue weighted by Gasteiger charge is -2.11. The van der Waals surface area contributed by atoms with Gasteiger partial charge in [-0.3, -0.25) is 0 Å². The first-order valence-electron chi connectivity index (χ1n) is 3.95. The van der Waals surface area contributed by atoms with E-state index in [2.05, 4.69) is 0 Å². The van der Waals surface area contributed by atoms with Crippen molar-refractivity contribution in [1.29, 1.82) is 0 Å². The van der Waals surface area contributed by atoms with E-state index in [4.69, 9.17) is 40.2 Å². The molecular weight excluding hydrogens is 259 g/mol. The van der Waals surface area contributed by atoms with Crippen molar-refractivity contribution >= 4 is 51.6 Å². The molecule has 1 nitrogen and oxygen atoms in total. The van der Waals surface area contributed by atoms with Crippen LogP contribution in [0.2, 0.25) is 10.0 Å². The van der Waals surface area contributed by atoms with Crippen LogP contribution in [-0.4, -0.2) is 10.1 Å². The molecule has 1 fully saturated rings. The average molecular weight is 265 g/mol. The molecule has 0 bridgehead atoms. The number of hydrogen-bond acceptors (Lipinski definition) is 3. The summed E-state index contributed by atoms with van der Waals surface area (Å²) < 4.78 is 6.02. The van der Waals surface area contributed by atoms with Crippen LogP contribution in [0.3, 0.4) is 0 Å². The van der Waals surface area contributed by atoms with Gasteiger partial charge in [0, 0.05) is 21.4 Å². The maximum absolute atomic E-state index is 6.04. The normalized spacial score (nSPS) is 21.0. The molecule has 0 aliphatic carbocycles. The van der Waals surface area contributed by atoms with E-state index in [1.165, 1.54) is 11.8 Å². The van der Waals surface area contributed by atoms with Crippen LogP contribution in [-0.2, 0) is 4.74 Å². The zero-order chi connectivity index (χ0) is 10.1. The molecule has 0 N–H and O–H groups in total. The minimum atomic E-state index is -0.0303.